The van der Waals surface area contributed by atoms with Crippen LogP contribution in [-0.4, -0.2) is 73.3 Å². The number of hydrogen-bond donors (Lipinski definition) is 2. The first-order valence-corrected chi connectivity index (χ1v) is 9.40. The largest absolute Gasteiger partial charge is 0.355 e. The van der Waals surface area contributed by atoms with E-state index in [9.17, 15) is 23.2 Å². The first-order valence-electron chi connectivity index (χ1n) is 9.40. The Morgan fingerprint density at radius 2 is 1.86 bits per heavy atom. The fourth-order valence-corrected chi connectivity index (χ4v) is 3.04. The number of likely N-dealkylation sites (N-methyl/N-ethyl adjacent to an activating group) is 1. The van der Waals surface area contributed by atoms with Gasteiger partial charge in [-0.3, -0.25) is 19.3 Å². The molecule has 0 saturated carbocycles. The van der Waals surface area contributed by atoms with E-state index >= 15 is 0 Å². The van der Waals surface area contributed by atoms with Crippen molar-refractivity contribution < 1.29 is 23.2 Å². The number of nitrogens with zero attached hydrogens (tertiary/aromatic N) is 2. The minimum absolute atomic E-state index is 0.0296. The highest BCUT2D eigenvalue weighted by molar-refractivity contribution is 5.94. The van der Waals surface area contributed by atoms with Gasteiger partial charge < -0.3 is 15.5 Å². The van der Waals surface area contributed by atoms with Gasteiger partial charge in [-0.15, -0.1) is 0 Å². The van der Waals surface area contributed by atoms with Crippen molar-refractivity contribution in [2.75, 3.05) is 45.8 Å². The molecule has 0 radical (unpaired) electrons. The second kappa shape index (κ2) is 10.7. The van der Waals surface area contributed by atoms with Crippen LogP contribution in [0.2, 0.25) is 0 Å². The number of benzene rings is 1. The molecule has 3 amide bonds. The minimum Gasteiger partial charge on any atom is -0.355 e. The quantitative estimate of drug-likeness (QED) is 0.713. The van der Waals surface area contributed by atoms with E-state index in [4.69, 9.17) is 0 Å². The molecule has 1 aromatic rings. The first-order chi connectivity index (χ1) is 13.4. The summed E-state index contributed by atoms with van der Waals surface area (Å²) in [4.78, 5) is 39.7. The van der Waals surface area contributed by atoms with Crippen LogP contribution < -0.4 is 10.6 Å². The summed E-state index contributed by atoms with van der Waals surface area (Å²) in [6.07, 6.45) is 0.850. The van der Waals surface area contributed by atoms with Crippen LogP contribution in [0.4, 0.5) is 8.78 Å². The van der Waals surface area contributed by atoms with E-state index in [1.165, 1.54) is 0 Å². The van der Waals surface area contributed by atoms with Crippen LogP contribution in [0.5, 0.6) is 0 Å². The van der Waals surface area contributed by atoms with E-state index in [0.29, 0.717) is 38.8 Å². The summed E-state index contributed by atoms with van der Waals surface area (Å²) >= 11 is 0. The van der Waals surface area contributed by atoms with Gasteiger partial charge in [0.1, 0.15) is 11.6 Å². The minimum atomic E-state index is -0.941. The fraction of sp³-hybridized carbons (Fsp3) is 0.526. The van der Waals surface area contributed by atoms with E-state index in [1.54, 1.807) is 4.90 Å². The Morgan fingerprint density at radius 3 is 2.57 bits per heavy atom. The van der Waals surface area contributed by atoms with Crippen molar-refractivity contribution in [2.24, 2.45) is 0 Å². The predicted octanol–water partition coefficient (Wildman–Crippen LogP) is 0.755. The van der Waals surface area contributed by atoms with Gasteiger partial charge in [0, 0.05) is 51.8 Å². The molecular weight excluding hydrogens is 370 g/mol. The first kappa shape index (κ1) is 21.7. The Kier molecular flexibility index (Phi) is 8.31. The highest BCUT2D eigenvalue weighted by Gasteiger charge is 2.20. The molecule has 1 aromatic carbocycles. The Morgan fingerprint density at radius 1 is 1.07 bits per heavy atom. The zero-order valence-electron chi connectivity index (χ0n) is 16.0. The Hall–Kier alpha value is -2.55. The molecule has 9 heteroatoms. The topological polar surface area (TPSA) is 81.8 Å². The summed E-state index contributed by atoms with van der Waals surface area (Å²) < 4.78 is 26.5. The third-order valence-corrected chi connectivity index (χ3v) is 4.48. The molecule has 2 rings (SSSR count). The maximum atomic E-state index is 13.6. The lowest BCUT2D eigenvalue weighted by Crippen LogP contribution is -2.40. The molecule has 1 heterocycles. The lowest BCUT2D eigenvalue weighted by Gasteiger charge is -2.21. The summed E-state index contributed by atoms with van der Waals surface area (Å²) in [6, 6.07) is 2.72. The number of carbonyl (C=O) groups excluding carboxylic acids is 3. The second-order valence-corrected chi connectivity index (χ2v) is 6.59. The Labute approximate surface area is 163 Å². The number of rotatable bonds is 7. The van der Waals surface area contributed by atoms with E-state index in [1.807, 2.05) is 11.8 Å². The lowest BCUT2D eigenvalue weighted by atomic mass is 10.2. The summed E-state index contributed by atoms with van der Waals surface area (Å²) in [5, 5.41) is 5.24. The maximum absolute atomic E-state index is 13.6. The molecule has 0 spiro atoms. The molecule has 0 unspecified atom stereocenters. The van der Waals surface area contributed by atoms with Gasteiger partial charge in [0.15, 0.2) is 0 Å². The average molecular weight is 396 g/mol. The SMILES string of the molecule is CCNC(=O)CN1CCCN(C(=O)CCNC(=O)c2ccc(F)cc2F)CC1. The van der Waals surface area contributed by atoms with Gasteiger partial charge in [-0.1, -0.05) is 0 Å². The standard InChI is InChI=1S/C19H26F2N4O3/c1-2-22-17(26)13-24-8-3-9-25(11-10-24)18(27)6-7-23-19(28)15-5-4-14(20)12-16(15)21/h4-5,12H,2-3,6-11,13H2,1H3,(H,22,26)(H,23,28). The second-order valence-electron chi connectivity index (χ2n) is 6.59. The Bertz CT molecular complexity index is 714. The van der Waals surface area contributed by atoms with Crippen LogP contribution in [0.25, 0.3) is 0 Å². The molecule has 28 heavy (non-hydrogen) atoms. The van der Waals surface area contributed by atoms with Crippen LogP contribution in [-0.2, 0) is 9.59 Å². The molecule has 1 aliphatic heterocycles. The zero-order valence-corrected chi connectivity index (χ0v) is 16.0. The highest BCUT2D eigenvalue weighted by Crippen LogP contribution is 2.09. The average Bonchev–Trinajstić information content (AvgIpc) is 2.87. The third-order valence-electron chi connectivity index (χ3n) is 4.48. The van der Waals surface area contributed by atoms with Crippen LogP contribution in [0.1, 0.15) is 30.1 Å². The van der Waals surface area contributed by atoms with Gasteiger partial charge >= 0.3 is 0 Å². The number of hydrogen-bond acceptors (Lipinski definition) is 4. The van der Waals surface area contributed by atoms with Crippen LogP contribution in [0.3, 0.4) is 0 Å². The molecule has 0 bridgehead atoms. The van der Waals surface area contributed by atoms with Crippen molar-refractivity contribution in [3.8, 4) is 0 Å². The molecule has 2 N–H and O–H groups in total. The van der Waals surface area contributed by atoms with Crippen molar-refractivity contribution in [2.45, 2.75) is 19.8 Å². The van der Waals surface area contributed by atoms with Crippen molar-refractivity contribution in [3.63, 3.8) is 0 Å². The van der Waals surface area contributed by atoms with Gasteiger partial charge in [0.2, 0.25) is 11.8 Å². The van der Waals surface area contributed by atoms with E-state index in [2.05, 4.69) is 10.6 Å². The van der Waals surface area contributed by atoms with E-state index in [0.717, 1.165) is 25.1 Å². The van der Waals surface area contributed by atoms with E-state index in [-0.39, 0.29) is 30.3 Å². The van der Waals surface area contributed by atoms with Gasteiger partial charge in [-0.25, -0.2) is 8.78 Å². The zero-order chi connectivity index (χ0) is 20.5. The number of nitrogens with one attached hydrogen (secondary N) is 2. The number of amides is 3. The number of carbonyl (C=O) groups is 3. The molecule has 0 atom stereocenters. The van der Waals surface area contributed by atoms with Gasteiger partial charge in [0.25, 0.3) is 5.91 Å². The van der Waals surface area contributed by atoms with Gasteiger partial charge in [-0.2, -0.15) is 0 Å². The van der Waals surface area contributed by atoms with Crippen molar-refractivity contribution in [1.82, 2.24) is 20.4 Å². The molecule has 1 aliphatic rings. The van der Waals surface area contributed by atoms with Gasteiger partial charge in [-0.05, 0) is 25.5 Å². The van der Waals surface area contributed by atoms with Crippen molar-refractivity contribution in [1.29, 1.82) is 0 Å². The molecule has 1 fully saturated rings. The molecule has 7 nitrogen and oxygen atoms in total. The van der Waals surface area contributed by atoms with E-state index < -0.39 is 17.5 Å². The van der Waals surface area contributed by atoms with Crippen LogP contribution in [0.15, 0.2) is 18.2 Å². The third kappa shape index (κ3) is 6.56. The summed E-state index contributed by atoms with van der Waals surface area (Å²) in [5.41, 5.74) is -0.260. The van der Waals surface area contributed by atoms with Crippen LogP contribution in [0, 0.1) is 11.6 Å². The fourth-order valence-electron chi connectivity index (χ4n) is 3.04. The molecule has 0 aromatic heterocycles. The summed E-state index contributed by atoms with van der Waals surface area (Å²) in [5.74, 6) is -2.53. The molecule has 0 aliphatic carbocycles. The van der Waals surface area contributed by atoms with Crippen molar-refractivity contribution >= 4 is 17.7 Å². The number of halogens is 2. The maximum Gasteiger partial charge on any atom is 0.254 e. The smallest absolute Gasteiger partial charge is 0.254 e. The Balaban J connectivity index is 1.75. The predicted molar refractivity (Wildman–Crippen MR) is 99.6 cm³/mol. The van der Waals surface area contributed by atoms with Crippen molar-refractivity contribution in [3.05, 3.63) is 35.4 Å². The summed E-state index contributed by atoms with van der Waals surface area (Å²) in [7, 11) is 0. The van der Waals surface area contributed by atoms with Crippen LogP contribution >= 0.6 is 0 Å². The monoisotopic (exact) mass is 396 g/mol. The normalized spacial score (nSPS) is 15.0. The lowest BCUT2D eigenvalue weighted by molar-refractivity contribution is -0.130. The molecular formula is C19H26F2N4O3. The molecule has 1 saturated heterocycles. The molecule has 154 valence electrons. The van der Waals surface area contributed by atoms with Gasteiger partial charge in [0.05, 0.1) is 12.1 Å². The highest BCUT2D eigenvalue weighted by atomic mass is 19.1. The summed E-state index contributed by atoms with van der Waals surface area (Å²) in [6.45, 7) is 5.28.